The van der Waals surface area contributed by atoms with Crippen LogP contribution in [0.1, 0.15) is 37.8 Å². The van der Waals surface area contributed by atoms with Crippen molar-refractivity contribution in [1.29, 1.82) is 0 Å². The monoisotopic (exact) mass is 238 g/mol. The second-order valence-corrected chi connectivity index (χ2v) is 5.88. The van der Waals surface area contributed by atoms with Gasteiger partial charge >= 0.3 is 0 Å². The van der Waals surface area contributed by atoms with E-state index in [-0.39, 0.29) is 6.04 Å². The van der Waals surface area contributed by atoms with Gasteiger partial charge in [0.2, 0.25) is 0 Å². The molecule has 2 nitrogen and oxygen atoms in total. The summed E-state index contributed by atoms with van der Waals surface area (Å²) >= 11 is 1.76. The minimum atomic E-state index is 0.194. The van der Waals surface area contributed by atoms with Crippen LogP contribution in [-0.4, -0.2) is 24.5 Å². The van der Waals surface area contributed by atoms with Gasteiger partial charge in [0.15, 0.2) is 0 Å². The molecule has 16 heavy (non-hydrogen) atoms. The van der Waals surface area contributed by atoms with E-state index < -0.39 is 0 Å². The smallest absolute Gasteiger partial charge is 0.0501 e. The van der Waals surface area contributed by atoms with Gasteiger partial charge in [-0.25, -0.2) is 0 Å². The average molecular weight is 238 g/mol. The van der Waals surface area contributed by atoms with Gasteiger partial charge in [0, 0.05) is 12.6 Å². The normalized spacial score (nSPS) is 20.8. The summed E-state index contributed by atoms with van der Waals surface area (Å²) in [5.41, 5.74) is 7.50. The first-order valence-electron chi connectivity index (χ1n) is 6.16. The molecule has 2 atom stereocenters. The lowest BCUT2D eigenvalue weighted by atomic mass is 9.84. The highest BCUT2D eigenvalue weighted by Gasteiger charge is 2.26. The van der Waals surface area contributed by atoms with Crippen molar-refractivity contribution in [2.75, 3.05) is 13.6 Å². The van der Waals surface area contributed by atoms with Crippen LogP contribution in [0.15, 0.2) is 16.8 Å². The van der Waals surface area contributed by atoms with Crippen LogP contribution < -0.4 is 5.73 Å². The highest BCUT2D eigenvalue weighted by Crippen LogP contribution is 2.31. The van der Waals surface area contributed by atoms with Crippen LogP contribution in [-0.2, 0) is 0 Å². The standard InChI is InChI=1S/C13H22N2S/c1-10(14)13(12-6-7-16-9-12)15(2)8-11-4-3-5-11/h6-7,9-11,13H,3-5,8,14H2,1-2H3. The molecule has 1 aromatic heterocycles. The van der Waals surface area contributed by atoms with Crippen molar-refractivity contribution >= 4 is 11.3 Å². The van der Waals surface area contributed by atoms with E-state index in [1.807, 2.05) is 0 Å². The Morgan fingerprint density at radius 1 is 1.56 bits per heavy atom. The van der Waals surface area contributed by atoms with Crippen LogP contribution in [0.5, 0.6) is 0 Å². The number of hydrogen-bond donors (Lipinski definition) is 1. The number of nitrogens with zero attached hydrogens (tertiary/aromatic N) is 1. The summed E-state index contributed by atoms with van der Waals surface area (Å²) in [5, 5.41) is 4.37. The van der Waals surface area contributed by atoms with Crippen LogP contribution >= 0.6 is 11.3 Å². The second kappa shape index (κ2) is 5.30. The number of thiophene rings is 1. The quantitative estimate of drug-likeness (QED) is 0.854. The Kier molecular flexibility index (Phi) is 4.00. The van der Waals surface area contributed by atoms with Gasteiger partial charge in [-0.2, -0.15) is 11.3 Å². The molecule has 2 N–H and O–H groups in total. The Morgan fingerprint density at radius 3 is 2.75 bits per heavy atom. The van der Waals surface area contributed by atoms with Crippen molar-refractivity contribution in [2.24, 2.45) is 11.7 Å². The molecule has 2 rings (SSSR count). The maximum Gasteiger partial charge on any atom is 0.0501 e. The fraction of sp³-hybridized carbons (Fsp3) is 0.692. The molecule has 1 heterocycles. The van der Waals surface area contributed by atoms with Crippen molar-refractivity contribution in [3.05, 3.63) is 22.4 Å². The zero-order valence-corrected chi connectivity index (χ0v) is 11.0. The van der Waals surface area contributed by atoms with Crippen molar-refractivity contribution in [2.45, 2.75) is 38.3 Å². The van der Waals surface area contributed by atoms with Gasteiger partial charge in [0.25, 0.3) is 0 Å². The third kappa shape index (κ3) is 2.65. The minimum absolute atomic E-state index is 0.194. The summed E-state index contributed by atoms with van der Waals surface area (Å²) in [7, 11) is 2.21. The summed E-state index contributed by atoms with van der Waals surface area (Å²) in [6.45, 7) is 3.31. The Morgan fingerprint density at radius 2 is 2.31 bits per heavy atom. The van der Waals surface area contributed by atoms with E-state index in [9.17, 15) is 0 Å². The van der Waals surface area contributed by atoms with Crippen LogP contribution in [0.4, 0.5) is 0 Å². The van der Waals surface area contributed by atoms with E-state index in [4.69, 9.17) is 5.73 Å². The number of likely N-dealkylation sites (N-methyl/N-ethyl adjacent to an activating group) is 1. The van der Waals surface area contributed by atoms with Crippen LogP contribution in [0.25, 0.3) is 0 Å². The summed E-state index contributed by atoms with van der Waals surface area (Å²) in [6, 6.07) is 2.78. The Bertz CT molecular complexity index is 304. The lowest BCUT2D eigenvalue weighted by Crippen LogP contribution is -2.40. The molecule has 1 aliphatic carbocycles. The minimum Gasteiger partial charge on any atom is -0.326 e. The summed E-state index contributed by atoms with van der Waals surface area (Å²) in [4.78, 5) is 2.44. The Labute approximate surface area is 102 Å². The molecule has 1 saturated carbocycles. The molecule has 0 aliphatic heterocycles. The highest BCUT2D eigenvalue weighted by atomic mass is 32.1. The third-order valence-electron chi connectivity index (χ3n) is 3.63. The highest BCUT2D eigenvalue weighted by molar-refractivity contribution is 7.07. The SMILES string of the molecule is CC(N)C(c1ccsc1)N(C)CC1CCC1. The molecule has 0 radical (unpaired) electrons. The number of nitrogens with two attached hydrogens (primary N) is 1. The van der Waals surface area contributed by atoms with Gasteiger partial charge in [-0.15, -0.1) is 0 Å². The first kappa shape index (κ1) is 12.1. The number of rotatable bonds is 5. The van der Waals surface area contributed by atoms with E-state index in [0.29, 0.717) is 6.04 Å². The molecular weight excluding hydrogens is 216 g/mol. The van der Waals surface area contributed by atoms with E-state index in [2.05, 4.69) is 35.7 Å². The van der Waals surface area contributed by atoms with E-state index in [0.717, 1.165) is 5.92 Å². The predicted molar refractivity (Wildman–Crippen MR) is 70.7 cm³/mol. The third-order valence-corrected chi connectivity index (χ3v) is 4.33. The molecule has 1 fully saturated rings. The van der Waals surface area contributed by atoms with Crippen molar-refractivity contribution < 1.29 is 0 Å². The van der Waals surface area contributed by atoms with E-state index in [1.54, 1.807) is 11.3 Å². The van der Waals surface area contributed by atoms with Gasteiger partial charge < -0.3 is 5.73 Å². The van der Waals surface area contributed by atoms with Crippen LogP contribution in [0.3, 0.4) is 0 Å². The maximum atomic E-state index is 6.13. The summed E-state index contributed by atoms with van der Waals surface area (Å²) < 4.78 is 0. The largest absolute Gasteiger partial charge is 0.326 e. The Hall–Kier alpha value is -0.380. The second-order valence-electron chi connectivity index (χ2n) is 5.10. The topological polar surface area (TPSA) is 29.3 Å². The predicted octanol–water partition coefficient (Wildman–Crippen LogP) is 2.87. The average Bonchev–Trinajstić information content (AvgIpc) is 2.64. The van der Waals surface area contributed by atoms with Gasteiger partial charge in [-0.1, -0.05) is 6.42 Å². The van der Waals surface area contributed by atoms with Gasteiger partial charge in [0.1, 0.15) is 0 Å². The molecule has 1 aliphatic rings. The Balaban J connectivity index is 2.00. The molecule has 0 saturated heterocycles. The molecule has 0 bridgehead atoms. The van der Waals surface area contributed by atoms with E-state index >= 15 is 0 Å². The van der Waals surface area contributed by atoms with Crippen LogP contribution in [0, 0.1) is 5.92 Å². The lowest BCUT2D eigenvalue weighted by Gasteiger charge is -2.36. The van der Waals surface area contributed by atoms with Gasteiger partial charge in [0.05, 0.1) is 6.04 Å². The molecule has 0 spiro atoms. The first-order chi connectivity index (χ1) is 7.68. The zero-order valence-electron chi connectivity index (χ0n) is 10.2. The molecule has 90 valence electrons. The van der Waals surface area contributed by atoms with Crippen molar-refractivity contribution in [1.82, 2.24) is 4.90 Å². The molecule has 3 heteroatoms. The molecule has 0 aromatic carbocycles. The lowest BCUT2D eigenvalue weighted by molar-refractivity contribution is 0.149. The molecule has 0 amide bonds. The van der Waals surface area contributed by atoms with Gasteiger partial charge in [-0.3, -0.25) is 4.90 Å². The van der Waals surface area contributed by atoms with Crippen molar-refractivity contribution in [3.8, 4) is 0 Å². The zero-order chi connectivity index (χ0) is 11.5. The maximum absolute atomic E-state index is 6.13. The fourth-order valence-corrected chi connectivity index (χ4v) is 3.29. The summed E-state index contributed by atoms with van der Waals surface area (Å²) in [5.74, 6) is 0.907. The number of hydrogen-bond acceptors (Lipinski definition) is 3. The summed E-state index contributed by atoms with van der Waals surface area (Å²) in [6.07, 6.45) is 4.22. The van der Waals surface area contributed by atoms with Gasteiger partial charge in [-0.05, 0) is 55.1 Å². The van der Waals surface area contributed by atoms with Crippen molar-refractivity contribution in [3.63, 3.8) is 0 Å². The molecular formula is C13H22N2S. The van der Waals surface area contributed by atoms with Crippen LogP contribution in [0.2, 0.25) is 0 Å². The first-order valence-corrected chi connectivity index (χ1v) is 7.10. The molecule has 2 unspecified atom stereocenters. The molecule has 1 aromatic rings. The van der Waals surface area contributed by atoms with E-state index in [1.165, 1.54) is 31.4 Å². The fourth-order valence-electron chi connectivity index (χ4n) is 2.60.